The molecule has 43 heavy (non-hydrogen) atoms. The average Bonchev–Trinajstić information content (AvgIpc) is 2.96. The molecule has 0 N–H and O–H groups in total. The summed E-state index contributed by atoms with van der Waals surface area (Å²) in [5.74, 6) is -2.37. The number of alkyl halides is 3. The molecule has 0 heterocycles. The molecule has 1 aliphatic carbocycles. The monoisotopic (exact) mass is 594 g/mol. The van der Waals surface area contributed by atoms with Gasteiger partial charge >= 0.3 is 6.18 Å². The van der Waals surface area contributed by atoms with Crippen molar-refractivity contribution in [1.29, 1.82) is 0 Å². The summed E-state index contributed by atoms with van der Waals surface area (Å²) in [5.41, 5.74) is -0.198. The molecule has 6 rings (SSSR count). The minimum atomic E-state index is -4.93. The third-order valence-electron chi connectivity index (χ3n) is 8.06. The van der Waals surface area contributed by atoms with Gasteiger partial charge in [0.05, 0.1) is 11.1 Å². The second-order valence-electron chi connectivity index (χ2n) is 10.8. The van der Waals surface area contributed by atoms with E-state index in [1.165, 1.54) is 48.7 Å². The standard InChI is InChI=1S/C35H22F8/c36-29-16-22(32-31(38)18-23-14-20(6-10-27(23)34(32)40)19-4-2-1-3-5-19)8-9-25(29)21-7-11-26-24(15-21)17-30(37)28(33(26)39)12-13-35(41,42)43/h6-11,14-19H,1-5H2. The second-order valence-corrected chi connectivity index (χ2v) is 10.8. The van der Waals surface area contributed by atoms with Crippen molar-refractivity contribution in [1.82, 2.24) is 0 Å². The molecule has 0 unspecified atom stereocenters. The molecule has 0 aliphatic heterocycles. The molecule has 5 aromatic carbocycles. The van der Waals surface area contributed by atoms with E-state index in [0.29, 0.717) is 11.3 Å². The molecular formula is C35H22F8. The van der Waals surface area contributed by atoms with Crippen molar-refractivity contribution in [3.05, 3.63) is 107 Å². The van der Waals surface area contributed by atoms with Gasteiger partial charge in [0.2, 0.25) is 0 Å². The predicted molar refractivity (Wildman–Crippen MR) is 151 cm³/mol. The van der Waals surface area contributed by atoms with Crippen molar-refractivity contribution in [2.75, 3.05) is 0 Å². The minimum Gasteiger partial charge on any atom is -0.206 e. The van der Waals surface area contributed by atoms with E-state index in [-0.39, 0.29) is 38.4 Å². The number of benzene rings is 5. The number of hydrogen-bond donors (Lipinski definition) is 0. The largest absolute Gasteiger partial charge is 0.458 e. The van der Waals surface area contributed by atoms with Crippen molar-refractivity contribution in [3.8, 4) is 34.1 Å². The van der Waals surface area contributed by atoms with E-state index in [0.717, 1.165) is 49.3 Å². The van der Waals surface area contributed by atoms with Crippen LogP contribution in [0.4, 0.5) is 35.1 Å². The molecule has 0 nitrogen and oxygen atoms in total. The molecule has 1 fully saturated rings. The maximum Gasteiger partial charge on any atom is 0.458 e. The van der Waals surface area contributed by atoms with Crippen molar-refractivity contribution in [2.45, 2.75) is 44.2 Å². The quantitative estimate of drug-likeness (QED) is 0.144. The molecule has 0 saturated heterocycles. The zero-order valence-electron chi connectivity index (χ0n) is 22.5. The molecular weight excluding hydrogens is 572 g/mol. The van der Waals surface area contributed by atoms with Crippen LogP contribution in [-0.4, -0.2) is 6.18 Å². The van der Waals surface area contributed by atoms with Gasteiger partial charge in [-0.1, -0.05) is 67.6 Å². The molecule has 0 aromatic heterocycles. The summed E-state index contributed by atoms with van der Waals surface area (Å²) >= 11 is 0. The molecule has 0 bridgehead atoms. The van der Waals surface area contributed by atoms with Gasteiger partial charge in [0, 0.05) is 22.3 Å². The molecule has 218 valence electrons. The molecule has 0 radical (unpaired) electrons. The fourth-order valence-corrected chi connectivity index (χ4v) is 5.95. The third kappa shape index (κ3) is 5.56. The summed E-state index contributed by atoms with van der Waals surface area (Å²) in [6.07, 6.45) is 0.589. The number of halogens is 8. The topological polar surface area (TPSA) is 0 Å². The maximum absolute atomic E-state index is 15.6. The zero-order valence-corrected chi connectivity index (χ0v) is 22.5. The molecule has 0 amide bonds. The first-order valence-electron chi connectivity index (χ1n) is 13.7. The Morgan fingerprint density at radius 1 is 0.605 bits per heavy atom. The smallest absolute Gasteiger partial charge is 0.206 e. The normalized spacial score (nSPS) is 14.2. The lowest BCUT2D eigenvalue weighted by Gasteiger charge is -2.22. The highest BCUT2D eigenvalue weighted by Gasteiger charge is 2.24. The molecule has 1 aliphatic rings. The number of hydrogen-bond acceptors (Lipinski definition) is 0. The van der Waals surface area contributed by atoms with Crippen LogP contribution in [0.1, 0.15) is 49.1 Å². The average molecular weight is 595 g/mol. The summed E-state index contributed by atoms with van der Waals surface area (Å²) < 4.78 is 113. The lowest BCUT2D eigenvalue weighted by Crippen LogP contribution is -2.04. The Labute approximate surface area is 242 Å². The number of rotatable bonds is 3. The fraction of sp³-hybridized carbons (Fsp3) is 0.200. The first-order valence-corrected chi connectivity index (χ1v) is 13.7. The lowest BCUT2D eigenvalue weighted by molar-refractivity contribution is -0.0696. The van der Waals surface area contributed by atoms with Crippen LogP contribution < -0.4 is 0 Å². The summed E-state index contributed by atoms with van der Waals surface area (Å²) in [5, 5.41) is 0.411. The summed E-state index contributed by atoms with van der Waals surface area (Å²) in [7, 11) is 0. The lowest BCUT2D eigenvalue weighted by atomic mass is 9.83. The van der Waals surface area contributed by atoms with E-state index in [1.807, 2.05) is 12.1 Å². The highest BCUT2D eigenvalue weighted by Crippen LogP contribution is 2.38. The van der Waals surface area contributed by atoms with Gasteiger partial charge in [-0.05, 0) is 70.5 Å². The summed E-state index contributed by atoms with van der Waals surface area (Å²) in [6.45, 7) is 0. The van der Waals surface area contributed by atoms with Gasteiger partial charge in [0.25, 0.3) is 0 Å². The van der Waals surface area contributed by atoms with Crippen molar-refractivity contribution >= 4 is 21.5 Å². The SMILES string of the molecule is Fc1cc(-c2c(F)cc3cc(C4CCCCC4)ccc3c2F)ccc1-c1ccc2c(F)c(C#CC(F)(F)F)c(F)cc2c1. The van der Waals surface area contributed by atoms with E-state index in [2.05, 4.69) is 0 Å². The molecule has 8 heteroatoms. The minimum absolute atomic E-state index is 0.00821. The first kappa shape index (κ1) is 28.7. The van der Waals surface area contributed by atoms with Crippen molar-refractivity contribution in [2.24, 2.45) is 0 Å². The van der Waals surface area contributed by atoms with Gasteiger partial charge in [-0.3, -0.25) is 0 Å². The van der Waals surface area contributed by atoms with Crippen molar-refractivity contribution < 1.29 is 35.1 Å². The highest BCUT2D eigenvalue weighted by atomic mass is 19.4. The Morgan fingerprint density at radius 3 is 1.98 bits per heavy atom. The van der Waals surface area contributed by atoms with Crippen LogP contribution in [0.3, 0.4) is 0 Å². The molecule has 1 saturated carbocycles. The van der Waals surface area contributed by atoms with Gasteiger partial charge in [-0.25, -0.2) is 22.0 Å². The Kier molecular flexibility index (Phi) is 7.37. The third-order valence-corrected chi connectivity index (χ3v) is 8.06. The maximum atomic E-state index is 15.6. The van der Waals surface area contributed by atoms with E-state index in [1.54, 1.807) is 6.07 Å². The van der Waals surface area contributed by atoms with Crippen LogP contribution in [0.15, 0.2) is 66.7 Å². The van der Waals surface area contributed by atoms with Crippen LogP contribution in [0.25, 0.3) is 43.8 Å². The van der Waals surface area contributed by atoms with E-state index >= 15 is 13.2 Å². The summed E-state index contributed by atoms with van der Waals surface area (Å²) in [4.78, 5) is 0. The Morgan fingerprint density at radius 2 is 1.26 bits per heavy atom. The predicted octanol–water partition coefficient (Wildman–Crippen LogP) is 11.0. The van der Waals surface area contributed by atoms with E-state index < -0.39 is 40.8 Å². The summed E-state index contributed by atoms with van der Waals surface area (Å²) in [6, 6.07) is 14.8. The van der Waals surface area contributed by atoms with Crippen LogP contribution in [0.5, 0.6) is 0 Å². The van der Waals surface area contributed by atoms with Gasteiger partial charge < -0.3 is 0 Å². The molecule has 0 atom stereocenters. The van der Waals surface area contributed by atoms with Crippen LogP contribution in [0.2, 0.25) is 0 Å². The van der Waals surface area contributed by atoms with Crippen LogP contribution >= 0.6 is 0 Å². The highest BCUT2D eigenvalue weighted by molar-refractivity contribution is 5.91. The van der Waals surface area contributed by atoms with Crippen molar-refractivity contribution in [3.63, 3.8) is 0 Å². The van der Waals surface area contributed by atoms with Crippen LogP contribution in [-0.2, 0) is 0 Å². The van der Waals surface area contributed by atoms with Gasteiger partial charge in [0.1, 0.15) is 29.1 Å². The van der Waals surface area contributed by atoms with Gasteiger partial charge in [0.15, 0.2) is 0 Å². The Bertz CT molecular complexity index is 1950. The van der Waals surface area contributed by atoms with E-state index in [9.17, 15) is 22.0 Å². The molecule has 5 aromatic rings. The molecule has 0 spiro atoms. The second kappa shape index (κ2) is 11.0. The zero-order chi connectivity index (χ0) is 30.5. The van der Waals surface area contributed by atoms with Gasteiger partial charge in [-0.15, -0.1) is 0 Å². The first-order chi connectivity index (χ1) is 20.5. The van der Waals surface area contributed by atoms with Gasteiger partial charge in [-0.2, -0.15) is 13.2 Å². The van der Waals surface area contributed by atoms with E-state index in [4.69, 9.17) is 0 Å². The fourth-order valence-electron chi connectivity index (χ4n) is 5.95. The number of fused-ring (bicyclic) bond motifs is 2. The van der Waals surface area contributed by atoms with Crippen LogP contribution in [0, 0.1) is 40.9 Å². The Hall–Kier alpha value is -4.38. The Balaban J connectivity index is 1.35.